The fourth-order valence-corrected chi connectivity index (χ4v) is 5.54. The van der Waals surface area contributed by atoms with Gasteiger partial charge in [-0.25, -0.2) is 4.98 Å². The molecule has 0 amide bonds. The smallest absolute Gasteiger partial charge is 0.148 e. The van der Waals surface area contributed by atoms with E-state index in [1.54, 1.807) is 0 Å². The van der Waals surface area contributed by atoms with Crippen LogP contribution in [0, 0.1) is 35.0 Å². The van der Waals surface area contributed by atoms with Crippen LogP contribution in [0.15, 0.2) is 12.1 Å². The van der Waals surface area contributed by atoms with E-state index in [2.05, 4.69) is 15.9 Å². The molecule has 4 aliphatic rings. The van der Waals surface area contributed by atoms with E-state index in [1.165, 1.54) is 25.7 Å². The van der Waals surface area contributed by atoms with E-state index in [4.69, 9.17) is 14.5 Å². The molecule has 0 aliphatic carbocycles. The molecule has 0 saturated carbocycles. The molecule has 0 spiro atoms. The minimum Gasteiger partial charge on any atom is -0.381 e. The van der Waals surface area contributed by atoms with Crippen LogP contribution >= 0.6 is 0 Å². The van der Waals surface area contributed by atoms with Crippen molar-refractivity contribution >= 4 is 11.6 Å². The second-order valence-electron chi connectivity index (χ2n) is 8.89. The third kappa shape index (κ3) is 3.46. The van der Waals surface area contributed by atoms with Crippen molar-refractivity contribution in [3.05, 3.63) is 17.7 Å². The highest BCUT2D eigenvalue weighted by atomic mass is 16.5. The first-order valence-electron chi connectivity index (χ1n) is 10.9. The molecule has 6 heteroatoms. The minimum absolute atomic E-state index is 0.665. The molecule has 1 aromatic heterocycles. The fourth-order valence-electron chi connectivity index (χ4n) is 5.54. The van der Waals surface area contributed by atoms with E-state index >= 15 is 0 Å². The fraction of sp³-hybridized carbons (Fsp3) is 0.727. The predicted octanol–water partition coefficient (Wildman–Crippen LogP) is 2.68. The van der Waals surface area contributed by atoms with Gasteiger partial charge in [-0.3, -0.25) is 0 Å². The van der Waals surface area contributed by atoms with Crippen LogP contribution in [0.3, 0.4) is 0 Å². The predicted molar refractivity (Wildman–Crippen MR) is 107 cm³/mol. The van der Waals surface area contributed by atoms with Gasteiger partial charge < -0.3 is 19.3 Å². The number of nitriles is 1. The van der Waals surface area contributed by atoms with Gasteiger partial charge in [-0.2, -0.15) is 5.26 Å². The molecule has 0 bridgehead atoms. The molecular weight excluding hydrogens is 352 g/mol. The summed E-state index contributed by atoms with van der Waals surface area (Å²) in [4.78, 5) is 9.74. The van der Waals surface area contributed by atoms with E-state index in [9.17, 15) is 5.26 Å². The quantitative estimate of drug-likeness (QED) is 0.798. The molecule has 1 aromatic rings. The molecule has 6 nitrogen and oxygen atoms in total. The lowest BCUT2D eigenvalue weighted by Crippen LogP contribution is -2.27. The summed E-state index contributed by atoms with van der Waals surface area (Å²) in [6.45, 7) is 7.76. The maximum Gasteiger partial charge on any atom is 0.148 e. The summed E-state index contributed by atoms with van der Waals surface area (Å²) in [7, 11) is 0. The lowest BCUT2D eigenvalue weighted by atomic mass is 9.91. The number of hydrogen-bond acceptors (Lipinski definition) is 6. The molecular formula is C22H30N4O2. The number of aromatic nitrogens is 1. The summed E-state index contributed by atoms with van der Waals surface area (Å²) in [6, 6.07) is 6.37. The zero-order valence-corrected chi connectivity index (χ0v) is 16.6. The van der Waals surface area contributed by atoms with Crippen molar-refractivity contribution in [2.75, 3.05) is 62.4 Å². The van der Waals surface area contributed by atoms with E-state index in [-0.39, 0.29) is 0 Å². The average Bonchev–Trinajstić information content (AvgIpc) is 3.52. The molecule has 5 heterocycles. The van der Waals surface area contributed by atoms with Crippen LogP contribution in [0.5, 0.6) is 0 Å². The van der Waals surface area contributed by atoms with Crippen molar-refractivity contribution in [2.24, 2.45) is 23.7 Å². The maximum atomic E-state index is 9.63. The van der Waals surface area contributed by atoms with Crippen molar-refractivity contribution in [3.8, 4) is 6.07 Å². The number of hydrogen-bond donors (Lipinski definition) is 0. The maximum absolute atomic E-state index is 9.63. The van der Waals surface area contributed by atoms with Gasteiger partial charge >= 0.3 is 0 Å². The Labute approximate surface area is 167 Å². The van der Waals surface area contributed by atoms with Crippen molar-refractivity contribution in [1.82, 2.24) is 4.98 Å². The SMILES string of the molecule is N#Cc1ccc(N2CCC(C3CCOC3)C2)nc1N1CCC(C2CCOC2)C1. The number of anilines is 2. The Morgan fingerprint density at radius 3 is 2.11 bits per heavy atom. The van der Waals surface area contributed by atoms with Gasteiger partial charge in [0.05, 0.1) is 5.56 Å². The number of nitrogens with zero attached hydrogens (tertiary/aromatic N) is 4. The number of pyridine rings is 1. The second-order valence-corrected chi connectivity index (χ2v) is 8.89. The molecule has 4 saturated heterocycles. The highest BCUT2D eigenvalue weighted by molar-refractivity contribution is 5.59. The normalized spacial score (nSPS) is 33.0. The van der Waals surface area contributed by atoms with Crippen molar-refractivity contribution in [2.45, 2.75) is 25.7 Å². The lowest BCUT2D eigenvalue weighted by molar-refractivity contribution is 0.174. The molecule has 0 N–H and O–H groups in total. The van der Waals surface area contributed by atoms with Gasteiger partial charge in [-0.1, -0.05) is 0 Å². The Balaban J connectivity index is 1.31. The van der Waals surface area contributed by atoms with Gasteiger partial charge in [-0.15, -0.1) is 0 Å². The molecule has 4 aliphatic heterocycles. The van der Waals surface area contributed by atoms with Crippen LogP contribution in [-0.4, -0.2) is 57.6 Å². The molecule has 5 rings (SSSR count). The van der Waals surface area contributed by atoms with Crippen LogP contribution in [0.2, 0.25) is 0 Å². The molecule has 4 unspecified atom stereocenters. The molecule has 4 atom stereocenters. The summed E-state index contributed by atoms with van der Waals surface area (Å²) in [5.74, 6) is 4.67. The van der Waals surface area contributed by atoms with Gasteiger partial charge in [0.2, 0.25) is 0 Å². The Morgan fingerprint density at radius 1 is 0.857 bits per heavy atom. The largest absolute Gasteiger partial charge is 0.381 e. The second kappa shape index (κ2) is 7.88. The first kappa shape index (κ1) is 18.2. The first-order valence-corrected chi connectivity index (χ1v) is 10.9. The van der Waals surface area contributed by atoms with Crippen LogP contribution in [0.25, 0.3) is 0 Å². The Bertz CT molecular complexity index is 737. The molecule has 150 valence electrons. The standard InChI is InChI=1S/C22H30N4O2/c23-11-16-1-2-21(25-7-3-17(12-25)19-5-9-27-14-19)24-22(16)26-8-4-18(13-26)20-6-10-28-15-20/h1-2,17-20H,3-10,12-15H2. The topological polar surface area (TPSA) is 61.6 Å². The van der Waals surface area contributed by atoms with Gasteiger partial charge in [-0.05, 0) is 61.5 Å². The van der Waals surface area contributed by atoms with Gasteiger partial charge in [0, 0.05) is 52.6 Å². The monoisotopic (exact) mass is 382 g/mol. The first-order chi connectivity index (χ1) is 13.8. The molecule has 4 fully saturated rings. The summed E-state index contributed by atoms with van der Waals surface area (Å²) in [5.41, 5.74) is 0.701. The highest BCUT2D eigenvalue weighted by Crippen LogP contribution is 2.36. The third-order valence-electron chi connectivity index (χ3n) is 7.32. The van der Waals surface area contributed by atoms with Crippen molar-refractivity contribution < 1.29 is 9.47 Å². The molecule has 0 aromatic carbocycles. The van der Waals surface area contributed by atoms with E-state index in [0.717, 1.165) is 64.2 Å². The Hall–Kier alpha value is -1.84. The third-order valence-corrected chi connectivity index (χ3v) is 7.32. The average molecular weight is 383 g/mol. The lowest BCUT2D eigenvalue weighted by Gasteiger charge is -2.24. The van der Waals surface area contributed by atoms with E-state index in [0.29, 0.717) is 29.2 Å². The molecule has 0 radical (unpaired) electrons. The Kier molecular flexibility index (Phi) is 5.13. The molecule has 28 heavy (non-hydrogen) atoms. The minimum atomic E-state index is 0.665. The summed E-state index contributed by atoms with van der Waals surface area (Å²) in [5, 5.41) is 9.63. The van der Waals surface area contributed by atoms with E-state index < -0.39 is 0 Å². The zero-order chi connectivity index (χ0) is 18.9. The van der Waals surface area contributed by atoms with E-state index in [1.807, 2.05) is 12.1 Å². The van der Waals surface area contributed by atoms with Gasteiger partial charge in [0.1, 0.15) is 17.7 Å². The number of rotatable bonds is 4. The van der Waals surface area contributed by atoms with Crippen LogP contribution in [-0.2, 0) is 9.47 Å². The Morgan fingerprint density at radius 2 is 1.50 bits per heavy atom. The summed E-state index contributed by atoms with van der Waals surface area (Å²) in [6.07, 6.45) is 4.78. The number of ether oxygens (including phenoxy) is 2. The zero-order valence-electron chi connectivity index (χ0n) is 16.6. The van der Waals surface area contributed by atoms with Gasteiger partial charge in [0.25, 0.3) is 0 Å². The van der Waals surface area contributed by atoms with Crippen molar-refractivity contribution in [1.29, 1.82) is 5.26 Å². The van der Waals surface area contributed by atoms with Crippen LogP contribution < -0.4 is 9.80 Å². The van der Waals surface area contributed by atoms with Crippen LogP contribution in [0.1, 0.15) is 31.2 Å². The van der Waals surface area contributed by atoms with Crippen LogP contribution in [0.4, 0.5) is 11.6 Å². The highest BCUT2D eigenvalue weighted by Gasteiger charge is 2.35. The van der Waals surface area contributed by atoms with Crippen molar-refractivity contribution in [3.63, 3.8) is 0 Å². The summed E-state index contributed by atoms with van der Waals surface area (Å²) >= 11 is 0. The van der Waals surface area contributed by atoms with Gasteiger partial charge in [0.15, 0.2) is 0 Å². The summed E-state index contributed by atoms with van der Waals surface area (Å²) < 4.78 is 11.2.